The molecule has 2 aromatic carbocycles. The first kappa shape index (κ1) is 15.6. The van der Waals surface area contributed by atoms with Gasteiger partial charge in [0.05, 0.1) is 0 Å². The van der Waals surface area contributed by atoms with E-state index in [1.807, 2.05) is 18.2 Å². The highest BCUT2D eigenvalue weighted by atomic mass is 16.2. The molecule has 1 aliphatic rings. The van der Waals surface area contributed by atoms with Crippen LogP contribution >= 0.6 is 0 Å². The molecule has 0 radical (unpaired) electrons. The predicted molar refractivity (Wildman–Crippen MR) is 96.1 cm³/mol. The topological polar surface area (TPSA) is 23.6 Å². The summed E-state index contributed by atoms with van der Waals surface area (Å²) in [5.74, 6) is 0.0435. The van der Waals surface area contributed by atoms with Gasteiger partial charge in [-0.25, -0.2) is 0 Å². The second-order valence-corrected chi connectivity index (χ2v) is 6.47. The molecule has 1 heterocycles. The zero-order valence-electron chi connectivity index (χ0n) is 14.2. The highest BCUT2D eigenvalue weighted by molar-refractivity contribution is 5.95. The van der Waals surface area contributed by atoms with Crippen molar-refractivity contribution in [2.45, 2.75) is 19.8 Å². The van der Waals surface area contributed by atoms with Crippen molar-refractivity contribution < 1.29 is 4.79 Å². The Labute approximate surface area is 138 Å². The van der Waals surface area contributed by atoms with Crippen molar-refractivity contribution in [1.82, 2.24) is 4.90 Å². The summed E-state index contributed by atoms with van der Waals surface area (Å²) in [6, 6.07) is 14.6. The van der Waals surface area contributed by atoms with Crippen LogP contribution in [0.3, 0.4) is 0 Å². The Hall–Kier alpha value is -2.29. The van der Waals surface area contributed by atoms with Crippen molar-refractivity contribution >= 4 is 11.6 Å². The molecule has 0 aromatic heterocycles. The maximum atomic E-state index is 12.2. The molecule has 3 heteroatoms. The fourth-order valence-electron chi connectivity index (χ4n) is 3.17. The SMILES string of the molecule is Cc1ccc(C(=O)N(C)C)cc1-c1cccc(N2CCCC2)c1. The molecule has 0 atom stereocenters. The molecule has 0 N–H and O–H groups in total. The first-order chi connectivity index (χ1) is 11.1. The number of rotatable bonds is 3. The Morgan fingerprint density at radius 1 is 1.04 bits per heavy atom. The first-order valence-electron chi connectivity index (χ1n) is 8.24. The molecule has 1 saturated heterocycles. The van der Waals surface area contributed by atoms with E-state index < -0.39 is 0 Å². The van der Waals surface area contributed by atoms with Gasteiger partial charge in [-0.1, -0.05) is 18.2 Å². The lowest BCUT2D eigenvalue weighted by atomic mass is 9.97. The van der Waals surface area contributed by atoms with Crippen LogP contribution in [0.1, 0.15) is 28.8 Å². The molecule has 0 unspecified atom stereocenters. The van der Waals surface area contributed by atoms with Gasteiger partial charge in [-0.3, -0.25) is 4.79 Å². The second-order valence-electron chi connectivity index (χ2n) is 6.47. The zero-order chi connectivity index (χ0) is 16.4. The summed E-state index contributed by atoms with van der Waals surface area (Å²) in [5.41, 5.74) is 5.53. The van der Waals surface area contributed by atoms with E-state index in [9.17, 15) is 4.79 Å². The van der Waals surface area contributed by atoms with E-state index in [0.717, 1.165) is 24.2 Å². The van der Waals surface area contributed by atoms with Gasteiger partial charge in [0.25, 0.3) is 5.91 Å². The summed E-state index contributed by atoms with van der Waals surface area (Å²) in [7, 11) is 3.58. The van der Waals surface area contributed by atoms with Crippen LogP contribution in [0.25, 0.3) is 11.1 Å². The molecule has 3 rings (SSSR count). The van der Waals surface area contributed by atoms with Gasteiger partial charge in [0.15, 0.2) is 0 Å². The number of carbonyl (C=O) groups is 1. The first-order valence-corrected chi connectivity index (χ1v) is 8.24. The fraction of sp³-hybridized carbons (Fsp3) is 0.350. The van der Waals surface area contributed by atoms with Crippen molar-refractivity contribution in [2.75, 3.05) is 32.1 Å². The van der Waals surface area contributed by atoms with E-state index in [1.54, 1.807) is 19.0 Å². The predicted octanol–water partition coefficient (Wildman–Crippen LogP) is 3.96. The average Bonchev–Trinajstić information content (AvgIpc) is 3.09. The highest BCUT2D eigenvalue weighted by Crippen LogP contribution is 2.29. The number of nitrogens with zero attached hydrogens (tertiary/aromatic N) is 2. The van der Waals surface area contributed by atoms with E-state index >= 15 is 0 Å². The molecule has 120 valence electrons. The maximum absolute atomic E-state index is 12.2. The lowest BCUT2D eigenvalue weighted by Crippen LogP contribution is -2.21. The van der Waals surface area contributed by atoms with Crippen LogP contribution in [0.4, 0.5) is 5.69 Å². The van der Waals surface area contributed by atoms with Gasteiger partial charge in [0.1, 0.15) is 0 Å². The van der Waals surface area contributed by atoms with Crippen LogP contribution in [-0.2, 0) is 0 Å². The van der Waals surface area contributed by atoms with Gasteiger partial charge in [-0.2, -0.15) is 0 Å². The van der Waals surface area contributed by atoms with Gasteiger partial charge >= 0.3 is 0 Å². The van der Waals surface area contributed by atoms with E-state index in [2.05, 4.69) is 36.1 Å². The third kappa shape index (κ3) is 3.24. The summed E-state index contributed by atoms with van der Waals surface area (Å²) < 4.78 is 0. The molecule has 1 amide bonds. The van der Waals surface area contributed by atoms with Crippen LogP contribution in [0.5, 0.6) is 0 Å². The monoisotopic (exact) mass is 308 g/mol. The number of hydrogen-bond donors (Lipinski definition) is 0. The molecular weight excluding hydrogens is 284 g/mol. The molecule has 3 nitrogen and oxygen atoms in total. The molecular formula is C20H24N2O. The summed E-state index contributed by atoms with van der Waals surface area (Å²) in [4.78, 5) is 16.3. The standard InChI is InChI=1S/C20H24N2O/c1-15-9-10-17(20(23)21(2)3)14-19(15)16-7-6-8-18(13-16)22-11-4-5-12-22/h6-10,13-14H,4-5,11-12H2,1-3H3. The van der Waals surface area contributed by atoms with Gasteiger partial charge in [0.2, 0.25) is 0 Å². The third-order valence-corrected chi connectivity index (χ3v) is 4.52. The Kier molecular flexibility index (Phi) is 4.37. The Morgan fingerprint density at radius 3 is 2.48 bits per heavy atom. The number of amides is 1. The Morgan fingerprint density at radius 2 is 1.78 bits per heavy atom. The minimum atomic E-state index is 0.0435. The molecule has 1 fully saturated rings. The van der Waals surface area contributed by atoms with Crippen LogP contribution in [0, 0.1) is 6.92 Å². The van der Waals surface area contributed by atoms with Crippen molar-refractivity contribution in [1.29, 1.82) is 0 Å². The Bertz CT molecular complexity index is 715. The third-order valence-electron chi connectivity index (χ3n) is 4.52. The van der Waals surface area contributed by atoms with E-state index in [1.165, 1.54) is 29.7 Å². The smallest absolute Gasteiger partial charge is 0.253 e. The highest BCUT2D eigenvalue weighted by Gasteiger charge is 2.14. The molecule has 1 aliphatic heterocycles. The minimum Gasteiger partial charge on any atom is -0.372 e. The van der Waals surface area contributed by atoms with Crippen molar-refractivity contribution in [2.24, 2.45) is 0 Å². The summed E-state index contributed by atoms with van der Waals surface area (Å²) in [6.07, 6.45) is 2.55. The second kappa shape index (κ2) is 6.45. The molecule has 2 aromatic rings. The number of anilines is 1. The van der Waals surface area contributed by atoms with Crippen LogP contribution in [-0.4, -0.2) is 38.0 Å². The summed E-state index contributed by atoms with van der Waals surface area (Å²) in [5, 5.41) is 0. The van der Waals surface area contributed by atoms with Gasteiger partial charge in [-0.15, -0.1) is 0 Å². The van der Waals surface area contributed by atoms with Crippen molar-refractivity contribution in [3.8, 4) is 11.1 Å². The van der Waals surface area contributed by atoms with Crippen LogP contribution in [0.2, 0.25) is 0 Å². The van der Waals surface area contributed by atoms with Crippen molar-refractivity contribution in [3.63, 3.8) is 0 Å². The minimum absolute atomic E-state index is 0.0435. The van der Waals surface area contributed by atoms with Crippen molar-refractivity contribution in [3.05, 3.63) is 53.6 Å². The van der Waals surface area contributed by atoms with E-state index in [-0.39, 0.29) is 5.91 Å². The summed E-state index contributed by atoms with van der Waals surface area (Å²) in [6.45, 7) is 4.38. The molecule has 0 spiro atoms. The normalized spacial score (nSPS) is 14.1. The zero-order valence-corrected chi connectivity index (χ0v) is 14.2. The van der Waals surface area contributed by atoms with Gasteiger partial charge in [-0.05, 0) is 60.7 Å². The fourth-order valence-corrected chi connectivity index (χ4v) is 3.17. The van der Waals surface area contributed by atoms with E-state index in [0.29, 0.717) is 0 Å². The molecule has 0 saturated carbocycles. The number of benzene rings is 2. The Balaban J connectivity index is 1.99. The number of aryl methyl sites for hydroxylation is 1. The van der Waals surface area contributed by atoms with Gasteiger partial charge < -0.3 is 9.80 Å². The number of carbonyl (C=O) groups excluding carboxylic acids is 1. The largest absolute Gasteiger partial charge is 0.372 e. The molecule has 0 aliphatic carbocycles. The maximum Gasteiger partial charge on any atom is 0.253 e. The molecule has 23 heavy (non-hydrogen) atoms. The quantitative estimate of drug-likeness (QED) is 0.857. The van der Waals surface area contributed by atoms with Crippen LogP contribution in [0.15, 0.2) is 42.5 Å². The number of hydrogen-bond acceptors (Lipinski definition) is 2. The average molecular weight is 308 g/mol. The lowest BCUT2D eigenvalue weighted by molar-refractivity contribution is 0.0827. The molecule has 0 bridgehead atoms. The lowest BCUT2D eigenvalue weighted by Gasteiger charge is -2.19. The van der Waals surface area contributed by atoms with Crippen LogP contribution < -0.4 is 4.90 Å². The van der Waals surface area contributed by atoms with Gasteiger partial charge in [0, 0.05) is 38.4 Å². The van der Waals surface area contributed by atoms with E-state index in [4.69, 9.17) is 0 Å². The summed E-state index contributed by atoms with van der Waals surface area (Å²) >= 11 is 0.